The van der Waals surface area contributed by atoms with Crippen molar-refractivity contribution < 1.29 is 9.53 Å². The molecule has 0 aliphatic carbocycles. The Kier molecular flexibility index (Phi) is 7.74. The van der Waals surface area contributed by atoms with E-state index in [-0.39, 0.29) is 18.5 Å². The second-order valence-electron chi connectivity index (χ2n) is 8.00. The lowest BCUT2D eigenvalue weighted by atomic mass is 10.1. The third-order valence-corrected chi connectivity index (χ3v) is 6.13. The molecule has 1 unspecified atom stereocenters. The number of hydrogen-bond donors (Lipinski definition) is 2. The number of thiophene rings is 1. The third-order valence-electron chi connectivity index (χ3n) is 5.11. The van der Waals surface area contributed by atoms with Gasteiger partial charge < -0.3 is 20.3 Å². The molecule has 0 spiro atoms. The highest BCUT2D eigenvalue weighted by molar-refractivity contribution is 7.10. The minimum Gasteiger partial charge on any atom is -0.493 e. The summed E-state index contributed by atoms with van der Waals surface area (Å²) < 4.78 is 5.75. The molecular weight excluding hydrogens is 396 g/mol. The molecule has 30 heavy (non-hydrogen) atoms. The Morgan fingerprint density at radius 2 is 2.00 bits per heavy atom. The second-order valence-corrected chi connectivity index (χ2v) is 9.00. The fourth-order valence-electron chi connectivity index (χ4n) is 3.33. The van der Waals surface area contributed by atoms with E-state index in [1.54, 1.807) is 18.4 Å². The van der Waals surface area contributed by atoms with Crippen LogP contribution in [0.4, 0.5) is 0 Å². The number of nitrogens with zero attached hydrogens (tertiary/aromatic N) is 2. The molecule has 0 saturated carbocycles. The zero-order valence-electron chi connectivity index (χ0n) is 18.3. The van der Waals surface area contributed by atoms with Crippen LogP contribution in [0.1, 0.15) is 42.8 Å². The summed E-state index contributed by atoms with van der Waals surface area (Å²) in [6.07, 6.45) is 0.944. The van der Waals surface area contributed by atoms with E-state index in [4.69, 9.17) is 4.74 Å². The minimum atomic E-state index is 0.0498. The summed E-state index contributed by atoms with van der Waals surface area (Å²) >= 11 is 1.78. The predicted octanol–water partition coefficient (Wildman–Crippen LogP) is 3.59. The van der Waals surface area contributed by atoms with E-state index in [0.717, 1.165) is 24.3 Å². The van der Waals surface area contributed by atoms with Crippen LogP contribution in [0, 0.1) is 5.92 Å². The monoisotopic (exact) mass is 428 g/mol. The maximum Gasteiger partial charge on any atom is 0.242 e. The van der Waals surface area contributed by atoms with Crippen LogP contribution in [-0.4, -0.2) is 43.5 Å². The Morgan fingerprint density at radius 3 is 2.70 bits per heavy atom. The molecule has 0 radical (unpaired) electrons. The van der Waals surface area contributed by atoms with Crippen molar-refractivity contribution in [2.45, 2.75) is 39.8 Å². The van der Waals surface area contributed by atoms with Crippen molar-refractivity contribution in [1.82, 2.24) is 15.5 Å². The van der Waals surface area contributed by atoms with Gasteiger partial charge in [0.25, 0.3) is 0 Å². The molecule has 0 bridgehead atoms. The fourth-order valence-corrected chi connectivity index (χ4v) is 4.22. The van der Waals surface area contributed by atoms with E-state index in [9.17, 15) is 4.79 Å². The van der Waals surface area contributed by atoms with Gasteiger partial charge in [0.15, 0.2) is 5.96 Å². The number of hydrogen-bond acceptors (Lipinski definition) is 4. The first-order valence-electron chi connectivity index (χ1n) is 10.5. The zero-order valence-corrected chi connectivity index (χ0v) is 19.1. The highest BCUT2D eigenvalue weighted by atomic mass is 32.1. The van der Waals surface area contributed by atoms with Gasteiger partial charge in [-0.1, -0.05) is 26.0 Å². The number of nitrogens with one attached hydrogen (secondary N) is 2. The molecule has 1 amide bonds. The molecule has 1 atom stereocenters. The lowest BCUT2D eigenvalue weighted by Gasteiger charge is -2.27. The Bertz CT molecular complexity index is 860. The van der Waals surface area contributed by atoms with Crippen molar-refractivity contribution in [3.63, 3.8) is 0 Å². The van der Waals surface area contributed by atoms with Crippen molar-refractivity contribution in [3.8, 4) is 5.75 Å². The average molecular weight is 429 g/mol. The molecule has 0 saturated heterocycles. The van der Waals surface area contributed by atoms with Gasteiger partial charge in [0.05, 0.1) is 19.2 Å². The summed E-state index contributed by atoms with van der Waals surface area (Å²) in [5.74, 6) is 2.08. The molecule has 2 aromatic rings. The van der Waals surface area contributed by atoms with E-state index in [1.807, 2.05) is 17.0 Å². The smallest absolute Gasteiger partial charge is 0.242 e. The number of ether oxygens (including phenoxy) is 1. The Hall–Kier alpha value is -2.54. The normalized spacial score (nSPS) is 15.0. The van der Waals surface area contributed by atoms with Crippen LogP contribution in [0.25, 0.3) is 0 Å². The first-order valence-corrected chi connectivity index (χ1v) is 11.4. The lowest BCUT2D eigenvalue weighted by Crippen LogP contribution is -2.46. The highest BCUT2D eigenvalue weighted by Crippen LogP contribution is 2.24. The van der Waals surface area contributed by atoms with E-state index in [2.05, 4.69) is 60.0 Å². The van der Waals surface area contributed by atoms with E-state index >= 15 is 0 Å². The number of aliphatic imine (C=N–C) groups is 1. The number of carbonyl (C=O) groups excluding carboxylic acids is 1. The number of fused-ring (bicyclic) bond motifs is 1. The number of guanidine groups is 1. The number of rotatable bonds is 7. The van der Waals surface area contributed by atoms with Crippen LogP contribution >= 0.6 is 11.3 Å². The molecule has 6 nitrogen and oxygen atoms in total. The zero-order chi connectivity index (χ0) is 21.5. The Labute approximate surface area is 183 Å². The molecule has 7 heteroatoms. The quantitative estimate of drug-likeness (QED) is 0.522. The first-order chi connectivity index (χ1) is 14.5. The summed E-state index contributed by atoms with van der Waals surface area (Å²) in [5.41, 5.74) is 2.40. The van der Waals surface area contributed by atoms with Crippen LogP contribution < -0.4 is 15.4 Å². The summed E-state index contributed by atoms with van der Waals surface area (Å²) in [6, 6.07) is 10.3. The Balaban J connectivity index is 1.47. The number of benzene rings is 1. The molecule has 1 aromatic carbocycles. The second kappa shape index (κ2) is 10.5. The van der Waals surface area contributed by atoms with Gasteiger partial charge in [-0.25, -0.2) is 0 Å². The molecular formula is C23H32N4O2S. The maximum atomic E-state index is 12.6. The van der Waals surface area contributed by atoms with Crippen LogP contribution in [0.3, 0.4) is 0 Å². The highest BCUT2D eigenvalue weighted by Gasteiger charge is 2.21. The van der Waals surface area contributed by atoms with Crippen LogP contribution in [0.15, 0.2) is 40.7 Å². The summed E-state index contributed by atoms with van der Waals surface area (Å²) in [4.78, 5) is 20.2. The van der Waals surface area contributed by atoms with Crippen molar-refractivity contribution in [2.75, 3.05) is 26.7 Å². The molecule has 0 fully saturated rings. The largest absolute Gasteiger partial charge is 0.493 e. The molecule has 162 valence electrons. The van der Waals surface area contributed by atoms with Gasteiger partial charge in [0.1, 0.15) is 5.75 Å². The van der Waals surface area contributed by atoms with Crippen LogP contribution in [-0.2, 0) is 17.8 Å². The van der Waals surface area contributed by atoms with E-state index in [1.165, 1.54) is 10.4 Å². The van der Waals surface area contributed by atoms with Gasteiger partial charge in [-0.2, -0.15) is 0 Å². The van der Waals surface area contributed by atoms with Crippen molar-refractivity contribution in [2.24, 2.45) is 10.9 Å². The van der Waals surface area contributed by atoms with E-state index in [0.29, 0.717) is 25.0 Å². The maximum absolute atomic E-state index is 12.6. The van der Waals surface area contributed by atoms with Gasteiger partial charge in [-0.15, -0.1) is 11.3 Å². The van der Waals surface area contributed by atoms with Crippen molar-refractivity contribution >= 4 is 23.2 Å². The Morgan fingerprint density at radius 1 is 1.23 bits per heavy atom. The molecule has 3 rings (SSSR count). The first kappa shape index (κ1) is 22.2. The van der Waals surface area contributed by atoms with E-state index < -0.39 is 0 Å². The van der Waals surface area contributed by atoms with Crippen molar-refractivity contribution in [1.29, 1.82) is 0 Å². The van der Waals surface area contributed by atoms with Crippen LogP contribution in [0.5, 0.6) is 5.75 Å². The fraction of sp³-hybridized carbons (Fsp3) is 0.478. The molecule has 2 N–H and O–H groups in total. The summed E-state index contributed by atoms with van der Waals surface area (Å²) in [5, 5.41) is 8.61. The number of amides is 1. The summed E-state index contributed by atoms with van der Waals surface area (Å²) in [7, 11) is 1.72. The lowest BCUT2D eigenvalue weighted by molar-refractivity contribution is -0.130. The molecule has 1 aliphatic heterocycles. The number of carbonyl (C=O) groups is 1. The van der Waals surface area contributed by atoms with Gasteiger partial charge in [0.2, 0.25) is 5.91 Å². The molecule has 1 aliphatic rings. The topological polar surface area (TPSA) is 66.0 Å². The predicted molar refractivity (Wildman–Crippen MR) is 123 cm³/mol. The van der Waals surface area contributed by atoms with Gasteiger partial charge >= 0.3 is 0 Å². The van der Waals surface area contributed by atoms with Gasteiger partial charge in [-0.05, 0) is 54.0 Å². The molecule has 1 aromatic heterocycles. The molecule has 2 heterocycles. The SMILES string of the molecule is CN=C(NCC(=O)N1CCc2sccc2C1)NC(C)c1ccc(OCC(C)C)cc1. The minimum absolute atomic E-state index is 0.0498. The van der Waals surface area contributed by atoms with Gasteiger partial charge in [0, 0.05) is 25.0 Å². The third kappa shape index (κ3) is 5.98. The average Bonchev–Trinajstić information content (AvgIpc) is 3.23. The van der Waals surface area contributed by atoms with Crippen molar-refractivity contribution in [3.05, 3.63) is 51.7 Å². The standard InChI is InChI=1S/C23H32N4O2S/c1-16(2)15-29-20-7-5-18(6-8-20)17(3)26-23(24-4)25-13-22(28)27-11-9-21-19(14-27)10-12-30-21/h5-8,10,12,16-17H,9,11,13-15H2,1-4H3,(H2,24,25,26). The van der Waals surface area contributed by atoms with Gasteiger partial charge in [-0.3, -0.25) is 9.79 Å². The van der Waals surface area contributed by atoms with Crippen LogP contribution in [0.2, 0.25) is 0 Å². The summed E-state index contributed by atoms with van der Waals surface area (Å²) in [6.45, 7) is 8.76.